The zero-order valence-corrected chi connectivity index (χ0v) is 18.4. The van der Waals surface area contributed by atoms with Crippen LogP contribution in [0.25, 0.3) is 11.0 Å². The Morgan fingerprint density at radius 2 is 1.74 bits per heavy atom. The molecule has 0 radical (unpaired) electrons. The van der Waals surface area contributed by atoms with Crippen LogP contribution < -0.4 is 20.5 Å². The van der Waals surface area contributed by atoms with Crippen molar-refractivity contribution in [2.24, 2.45) is 0 Å². The first-order chi connectivity index (χ1) is 15.0. The lowest BCUT2D eigenvalue weighted by molar-refractivity contribution is 0.265. The molecule has 0 saturated heterocycles. The molecule has 160 valence electrons. The van der Waals surface area contributed by atoms with E-state index in [2.05, 4.69) is 31.2 Å². The van der Waals surface area contributed by atoms with Crippen molar-refractivity contribution in [1.82, 2.24) is 9.97 Å². The predicted molar refractivity (Wildman–Crippen MR) is 122 cm³/mol. The summed E-state index contributed by atoms with van der Waals surface area (Å²) >= 11 is 3.59. The van der Waals surface area contributed by atoms with Crippen molar-refractivity contribution in [1.29, 1.82) is 0 Å². The van der Waals surface area contributed by atoms with Crippen molar-refractivity contribution < 1.29 is 13.9 Å². The Kier molecular flexibility index (Phi) is 6.27. The number of nitrogens with one attached hydrogen (secondary N) is 3. The fraction of sp³-hybridized carbons (Fsp3) is 0.174. The lowest BCUT2D eigenvalue weighted by Gasteiger charge is -2.16. The molecule has 0 aliphatic heterocycles. The van der Waals surface area contributed by atoms with Gasteiger partial charge in [0.05, 0.1) is 17.6 Å². The molecule has 8 heteroatoms. The highest BCUT2D eigenvalue weighted by Gasteiger charge is 2.12. The Bertz CT molecular complexity index is 1270. The van der Waals surface area contributed by atoms with Gasteiger partial charge in [-0.3, -0.25) is 0 Å². The van der Waals surface area contributed by atoms with Gasteiger partial charge in [-0.2, -0.15) is 0 Å². The number of rotatable bonds is 8. The van der Waals surface area contributed by atoms with Gasteiger partial charge in [0, 0.05) is 22.3 Å². The van der Waals surface area contributed by atoms with Crippen LogP contribution in [-0.4, -0.2) is 16.6 Å². The van der Waals surface area contributed by atoms with E-state index in [1.54, 1.807) is 18.2 Å². The third kappa shape index (κ3) is 4.91. The van der Waals surface area contributed by atoms with Crippen LogP contribution in [-0.2, 0) is 13.2 Å². The van der Waals surface area contributed by atoms with Gasteiger partial charge in [-0.1, -0.05) is 34.1 Å². The SMILES string of the molecule is CCOc1cc(CNc2ccc3[nH]c(=O)[nH]c3c2)c(Br)cc1OCc1ccccc1F. The van der Waals surface area contributed by atoms with Crippen molar-refractivity contribution in [2.45, 2.75) is 20.1 Å². The van der Waals surface area contributed by atoms with Gasteiger partial charge < -0.3 is 24.8 Å². The zero-order valence-electron chi connectivity index (χ0n) is 16.8. The molecule has 4 rings (SSSR count). The van der Waals surface area contributed by atoms with Crippen LogP contribution in [0.4, 0.5) is 10.1 Å². The summed E-state index contributed by atoms with van der Waals surface area (Å²) in [5.74, 6) is 0.817. The molecular weight excluding hydrogens is 465 g/mol. The Labute approximate surface area is 186 Å². The topological polar surface area (TPSA) is 79.1 Å². The summed E-state index contributed by atoms with van der Waals surface area (Å²) in [6.07, 6.45) is 0. The second-order valence-corrected chi connectivity index (χ2v) is 7.75. The number of aromatic amines is 2. The normalized spacial score (nSPS) is 10.9. The fourth-order valence-electron chi connectivity index (χ4n) is 3.20. The van der Waals surface area contributed by atoms with E-state index in [0.29, 0.717) is 30.2 Å². The summed E-state index contributed by atoms with van der Waals surface area (Å²) < 4.78 is 26.3. The molecule has 0 amide bonds. The molecule has 4 aromatic rings. The van der Waals surface area contributed by atoms with E-state index in [1.807, 2.05) is 37.3 Å². The largest absolute Gasteiger partial charge is 0.490 e. The van der Waals surface area contributed by atoms with E-state index in [1.165, 1.54) is 6.07 Å². The molecule has 3 aromatic carbocycles. The highest BCUT2D eigenvalue weighted by atomic mass is 79.9. The standard InChI is InChI=1S/C23H21BrFN3O3/c1-2-30-21-9-15(12-26-16-7-8-19-20(10-16)28-23(29)27-19)17(24)11-22(21)31-13-14-5-3-4-6-18(14)25/h3-11,26H,2,12-13H2,1H3,(H2,27,28,29). The van der Waals surface area contributed by atoms with Crippen LogP contribution in [0.5, 0.6) is 11.5 Å². The van der Waals surface area contributed by atoms with Crippen molar-refractivity contribution >= 4 is 32.7 Å². The first kappa shape index (κ1) is 21.0. The number of fused-ring (bicyclic) bond motifs is 1. The molecule has 0 unspecified atom stereocenters. The Morgan fingerprint density at radius 3 is 2.55 bits per heavy atom. The summed E-state index contributed by atoms with van der Waals surface area (Å²) in [5, 5.41) is 3.35. The van der Waals surface area contributed by atoms with Gasteiger partial charge in [0.15, 0.2) is 11.5 Å². The summed E-state index contributed by atoms with van der Waals surface area (Å²) in [6, 6.07) is 15.9. The molecule has 3 N–H and O–H groups in total. The number of benzene rings is 3. The average molecular weight is 486 g/mol. The Morgan fingerprint density at radius 1 is 0.968 bits per heavy atom. The van der Waals surface area contributed by atoms with Crippen molar-refractivity contribution in [3.05, 3.63) is 86.5 Å². The Balaban J connectivity index is 1.51. The highest BCUT2D eigenvalue weighted by molar-refractivity contribution is 9.10. The monoisotopic (exact) mass is 485 g/mol. The molecule has 0 saturated carbocycles. The smallest absolute Gasteiger partial charge is 0.323 e. The predicted octanol–water partition coefficient (Wildman–Crippen LogP) is 5.35. The Hall–Kier alpha value is -3.26. The number of halogens is 2. The molecule has 1 aromatic heterocycles. The lowest BCUT2D eigenvalue weighted by Crippen LogP contribution is -2.04. The van der Waals surface area contributed by atoms with Gasteiger partial charge >= 0.3 is 5.69 Å². The van der Waals surface area contributed by atoms with E-state index in [9.17, 15) is 9.18 Å². The van der Waals surface area contributed by atoms with Gasteiger partial charge in [0.2, 0.25) is 0 Å². The summed E-state index contributed by atoms with van der Waals surface area (Å²) in [4.78, 5) is 16.9. The van der Waals surface area contributed by atoms with E-state index in [0.717, 1.165) is 26.8 Å². The minimum atomic E-state index is -0.305. The van der Waals surface area contributed by atoms with Crippen LogP contribution in [0.15, 0.2) is 63.9 Å². The third-order valence-corrected chi connectivity index (χ3v) is 5.49. The van der Waals surface area contributed by atoms with Crippen molar-refractivity contribution in [3.63, 3.8) is 0 Å². The number of hydrogen-bond donors (Lipinski definition) is 3. The van der Waals surface area contributed by atoms with Crippen LogP contribution in [0.2, 0.25) is 0 Å². The number of aromatic nitrogens is 2. The first-order valence-corrected chi connectivity index (χ1v) is 10.6. The number of anilines is 1. The van der Waals surface area contributed by atoms with Gasteiger partial charge in [-0.05, 0) is 48.9 Å². The number of hydrogen-bond acceptors (Lipinski definition) is 4. The molecule has 0 bridgehead atoms. The van der Waals surface area contributed by atoms with Crippen LogP contribution in [0.3, 0.4) is 0 Å². The maximum Gasteiger partial charge on any atom is 0.323 e. The summed E-state index contributed by atoms with van der Waals surface area (Å²) in [7, 11) is 0. The molecular formula is C23H21BrFN3O3. The van der Waals surface area contributed by atoms with Crippen LogP contribution >= 0.6 is 15.9 Å². The maximum absolute atomic E-state index is 13.9. The van der Waals surface area contributed by atoms with E-state index in [-0.39, 0.29) is 18.1 Å². The minimum Gasteiger partial charge on any atom is -0.490 e. The van der Waals surface area contributed by atoms with Crippen LogP contribution in [0.1, 0.15) is 18.1 Å². The van der Waals surface area contributed by atoms with E-state index >= 15 is 0 Å². The first-order valence-electron chi connectivity index (χ1n) is 9.81. The summed E-state index contributed by atoms with van der Waals surface area (Å²) in [5.41, 5.74) is 3.57. The van der Waals surface area contributed by atoms with E-state index < -0.39 is 0 Å². The van der Waals surface area contributed by atoms with Gasteiger partial charge in [0.1, 0.15) is 12.4 Å². The van der Waals surface area contributed by atoms with Crippen molar-refractivity contribution in [2.75, 3.05) is 11.9 Å². The second-order valence-electron chi connectivity index (χ2n) is 6.90. The van der Waals surface area contributed by atoms with Crippen molar-refractivity contribution in [3.8, 4) is 11.5 Å². The molecule has 31 heavy (non-hydrogen) atoms. The molecule has 0 aliphatic carbocycles. The minimum absolute atomic E-state index is 0.103. The van der Waals surface area contributed by atoms with E-state index in [4.69, 9.17) is 9.47 Å². The molecule has 0 spiro atoms. The lowest BCUT2D eigenvalue weighted by atomic mass is 10.2. The summed E-state index contributed by atoms with van der Waals surface area (Å²) in [6.45, 7) is 3.00. The quantitative estimate of drug-likeness (QED) is 0.314. The molecule has 0 atom stereocenters. The number of ether oxygens (including phenoxy) is 2. The van der Waals surface area contributed by atoms with Crippen LogP contribution in [0, 0.1) is 5.82 Å². The van der Waals surface area contributed by atoms with Gasteiger partial charge in [0.25, 0.3) is 0 Å². The molecule has 6 nitrogen and oxygen atoms in total. The molecule has 1 heterocycles. The molecule has 0 fully saturated rings. The zero-order chi connectivity index (χ0) is 21.8. The number of H-pyrrole nitrogens is 2. The third-order valence-electron chi connectivity index (χ3n) is 4.75. The fourth-order valence-corrected chi connectivity index (χ4v) is 3.67. The highest BCUT2D eigenvalue weighted by Crippen LogP contribution is 2.35. The second kappa shape index (κ2) is 9.26. The van der Waals surface area contributed by atoms with Gasteiger partial charge in [-0.25, -0.2) is 9.18 Å². The van der Waals surface area contributed by atoms with Gasteiger partial charge in [-0.15, -0.1) is 0 Å². The number of imidazole rings is 1. The molecule has 0 aliphatic rings. The average Bonchev–Trinajstić information content (AvgIpc) is 3.13. The maximum atomic E-state index is 13.9.